The Labute approximate surface area is 194 Å². The first-order chi connectivity index (χ1) is 16.4. The van der Waals surface area contributed by atoms with Crippen molar-refractivity contribution in [1.29, 1.82) is 0 Å². The zero-order valence-electron chi connectivity index (χ0n) is 18.9. The monoisotopic (exact) mass is 470 g/mol. The molecule has 8 nitrogen and oxygen atoms in total. The van der Waals surface area contributed by atoms with Crippen LogP contribution in [0.25, 0.3) is 22.4 Å². The van der Waals surface area contributed by atoms with E-state index in [0.29, 0.717) is 24.2 Å². The molecule has 3 aromatic rings. The van der Waals surface area contributed by atoms with Gasteiger partial charge in [-0.25, -0.2) is 18.6 Å². The number of amides is 2. The number of methoxy groups -OCH3 is 1. The van der Waals surface area contributed by atoms with E-state index in [1.54, 1.807) is 4.57 Å². The fraction of sp³-hybridized carbons (Fsp3) is 0.375. The van der Waals surface area contributed by atoms with E-state index >= 15 is 8.78 Å². The molecule has 1 aromatic heterocycles. The smallest absolute Gasteiger partial charge is 0.409 e. The van der Waals surface area contributed by atoms with Crippen LogP contribution < -0.4 is 5.32 Å². The van der Waals surface area contributed by atoms with Crippen LogP contribution in [0.3, 0.4) is 0 Å². The van der Waals surface area contributed by atoms with E-state index in [4.69, 9.17) is 9.47 Å². The number of nitrogens with zero attached hydrogens (tertiary/aromatic N) is 3. The number of hydrogen-bond donors (Lipinski definition) is 1. The fourth-order valence-electron chi connectivity index (χ4n) is 4.65. The predicted octanol–water partition coefficient (Wildman–Crippen LogP) is 3.04. The van der Waals surface area contributed by atoms with E-state index in [1.807, 2.05) is 25.1 Å². The van der Waals surface area contributed by atoms with Crippen LogP contribution in [0.4, 0.5) is 13.6 Å². The van der Waals surface area contributed by atoms with Gasteiger partial charge in [0.25, 0.3) is 5.91 Å². The van der Waals surface area contributed by atoms with Crippen molar-refractivity contribution in [1.82, 2.24) is 19.8 Å². The van der Waals surface area contributed by atoms with Gasteiger partial charge < -0.3 is 24.3 Å². The Bertz CT molecular complexity index is 1310. The molecular weight excluding hydrogens is 446 g/mol. The summed E-state index contributed by atoms with van der Waals surface area (Å²) in [5, 5.41) is 2.61. The number of halogens is 2. The topological polar surface area (TPSA) is 85.7 Å². The molecule has 1 fully saturated rings. The van der Waals surface area contributed by atoms with Gasteiger partial charge in [-0.2, -0.15) is 0 Å². The fourth-order valence-corrected chi connectivity index (χ4v) is 4.65. The van der Waals surface area contributed by atoms with E-state index < -0.39 is 29.7 Å². The van der Waals surface area contributed by atoms with E-state index in [-0.39, 0.29) is 48.6 Å². The van der Waals surface area contributed by atoms with Crippen LogP contribution in [0.2, 0.25) is 0 Å². The summed E-state index contributed by atoms with van der Waals surface area (Å²) in [6.07, 6.45) is -0.621. The average molecular weight is 470 g/mol. The van der Waals surface area contributed by atoms with E-state index in [9.17, 15) is 9.59 Å². The number of hydrogen-bond acceptors (Lipinski definition) is 5. The molecule has 2 aliphatic rings. The van der Waals surface area contributed by atoms with Crippen LogP contribution in [-0.4, -0.2) is 65.9 Å². The molecule has 1 saturated heterocycles. The number of aromatic nitrogens is 2. The summed E-state index contributed by atoms with van der Waals surface area (Å²) in [4.78, 5) is 30.3. The average Bonchev–Trinajstić information content (AvgIpc) is 3.16. The Morgan fingerprint density at radius 3 is 2.94 bits per heavy atom. The summed E-state index contributed by atoms with van der Waals surface area (Å²) < 4.78 is 43.4. The second-order valence-corrected chi connectivity index (χ2v) is 8.53. The lowest BCUT2D eigenvalue weighted by atomic mass is 9.96. The van der Waals surface area contributed by atoms with Crippen LogP contribution in [0, 0.1) is 18.6 Å². The number of fused-ring (bicyclic) bond motifs is 2. The number of nitrogens with one attached hydrogen (secondary N) is 1. The van der Waals surface area contributed by atoms with Crippen molar-refractivity contribution < 1.29 is 27.8 Å². The van der Waals surface area contributed by atoms with Crippen molar-refractivity contribution in [3.63, 3.8) is 0 Å². The van der Waals surface area contributed by atoms with Crippen molar-refractivity contribution >= 4 is 23.0 Å². The Morgan fingerprint density at radius 2 is 2.15 bits per heavy atom. The van der Waals surface area contributed by atoms with Crippen LogP contribution >= 0.6 is 0 Å². The Morgan fingerprint density at radius 1 is 1.32 bits per heavy atom. The minimum Gasteiger partial charge on any atom is -0.453 e. The van der Waals surface area contributed by atoms with Crippen LogP contribution in [-0.2, 0) is 22.4 Å². The van der Waals surface area contributed by atoms with Crippen LogP contribution in [0.1, 0.15) is 21.5 Å². The third-order valence-corrected chi connectivity index (χ3v) is 6.31. The maximum atomic E-state index is 15.7. The van der Waals surface area contributed by atoms with E-state index in [1.165, 1.54) is 12.0 Å². The van der Waals surface area contributed by atoms with Crippen LogP contribution in [0.5, 0.6) is 0 Å². The molecule has 0 aliphatic carbocycles. The third kappa shape index (κ3) is 3.77. The number of imidazole rings is 1. The van der Waals surface area contributed by atoms with Crippen molar-refractivity contribution in [3.8, 4) is 11.4 Å². The van der Waals surface area contributed by atoms with Gasteiger partial charge in [-0.1, -0.05) is 6.07 Å². The molecule has 2 amide bonds. The highest BCUT2D eigenvalue weighted by Crippen LogP contribution is 2.34. The molecule has 34 heavy (non-hydrogen) atoms. The lowest BCUT2D eigenvalue weighted by Crippen LogP contribution is -2.47. The molecule has 0 saturated carbocycles. The van der Waals surface area contributed by atoms with Crippen molar-refractivity contribution in [2.45, 2.75) is 26.0 Å². The van der Waals surface area contributed by atoms with E-state index in [0.717, 1.165) is 11.6 Å². The molecule has 5 rings (SSSR count). The molecule has 178 valence electrons. The second kappa shape index (κ2) is 8.68. The quantitative estimate of drug-likeness (QED) is 0.636. The molecule has 2 aliphatic heterocycles. The van der Waals surface area contributed by atoms with Crippen molar-refractivity contribution in [2.24, 2.45) is 0 Å². The number of rotatable bonds is 3. The van der Waals surface area contributed by atoms with Gasteiger partial charge in [0, 0.05) is 24.2 Å². The number of ether oxygens (including phenoxy) is 2. The van der Waals surface area contributed by atoms with Gasteiger partial charge in [-0.05, 0) is 37.1 Å². The summed E-state index contributed by atoms with van der Waals surface area (Å²) in [6, 6.07) is 6.67. The Hall–Kier alpha value is -3.53. The number of carbonyl (C=O) groups excluding carboxylic acids is 2. The van der Waals surface area contributed by atoms with Gasteiger partial charge in [0.2, 0.25) is 0 Å². The van der Waals surface area contributed by atoms with Gasteiger partial charge >= 0.3 is 6.09 Å². The summed E-state index contributed by atoms with van der Waals surface area (Å²) >= 11 is 0. The van der Waals surface area contributed by atoms with Gasteiger partial charge in [0.05, 0.1) is 49.5 Å². The Balaban J connectivity index is 1.62. The molecular formula is C24H24F2N4O4. The lowest BCUT2D eigenvalue weighted by molar-refractivity contribution is -0.0310. The molecule has 2 aromatic carbocycles. The summed E-state index contributed by atoms with van der Waals surface area (Å²) in [5.74, 6) is -2.02. The first-order valence-corrected chi connectivity index (χ1v) is 11.1. The number of benzene rings is 2. The highest BCUT2D eigenvalue weighted by Gasteiger charge is 2.31. The Kier molecular flexibility index (Phi) is 5.68. The molecule has 0 spiro atoms. The van der Waals surface area contributed by atoms with Gasteiger partial charge in [0.15, 0.2) is 0 Å². The highest BCUT2D eigenvalue weighted by molar-refractivity contribution is 5.97. The predicted molar refractivity (Wildman–Crippen MR) is 120 cm³/mol. The first-order valence-electron chi connectivity index (χ1n) is 11.1. The van der Waals surface area contributed by atoms with Gasteiger partial charge in [0.1, 0.15) is 17.5 Å². The van der Waals surface area contributed by atoms with Crippen molar-refractivity contribution in [2.75, 3.05) is 33.4 Å². The minimum absolute atomic E-state index is 0.00726. The number of carbonyl (C=O) groups is 2. The molecule has 0 radical (unpaired) electrons. The van der Waals surface area contributed by atoms with E-state index in [2.05, 4.69) is 10.3 Å². The standard InChI is InChI=1S/C24H24F2N4O4/c1-13-3-4-19-18(9-13)28-22(30(19)12-14-11-29(7-8-34-14)24(32)33-2)20-17(25)10-16-15(21(20)26)5-6-27-23(16)31/h3-4,9-10,14H,5-8,11-12H2,1-2H3,(H,27,31)/t14-/m1/s1. The zero-order valence-corrected chi connectivity index (χ0v) is 18.9. The largest absolute Gasteiger partial charge is 0.453 e. The second-order valence-electron chi connectivity index (χ2n) is 8.53. The number of morpholine rings is 1. The molecule has 3 heterocycles. The maximum Gasteiger partial charge on any atom is 0.409 e. The summed E-state index contributed by atoms with van der Waals surface area (Å²) in [6.45, 7) is 3.40. The molecule has 0 bridgehead atoms. The lowest BCUT2D eigenvalue weighted by Gasteiger charge is -2.32. The summed E-state index contributed by atoms with van der Waals surface area (Å²) in [5.41, 5.74) is 2.15. The first kappa shape index (κ1) is 22.3. The molecule has 1 N–H and O–H groups in total. The molecule has 1 atom stereocenters. The highest BCUT2D eigenvalue weighted by atomic mass is 19.1. The van der Waals surface area contributed by atoms with Gasteiger partial charge in [-0.15, -0.1) is 0 Å². The molecule has 10 heteroatoms. The number of aryl methyl sites for hydroxylation is 1. The normalized spacial score (nSPS) is 18.1. The van der Waals surface area contributed by atoms with Crippen molar-refractivity contribution in [3.05, 3.63) is 52.6 Å². The van der Waals surface area contributed by atoms with Gasteiger partial charge in [-0.3, -0.25) is 4.79 Å². The zero-order chi connectivity index (χ0) is 24.0. The third-order valence-electron chi connectivity index (χ3n) is 6.31. The molecule has 0 unspecified atom stereocenters. The van der Waals surface area contributed by atoms with Crippen LogP contribution in [0.15, 0.2) is 24.3 Å². The minimum atomic E-state index is -0.859. The maximum absolute atomic E-state index is 15.7. The SMILES string of the molecule is COC(=O)N1CCO[C@@H](Cn2c(-c3c(F)cc4c(c3F)CCNC4=O)nc3cc(C)ccc32)C1. The summed E-state index contributed by atoms with van der Waals surface area (Å²) in [7, 11) is 1.32.